The van der Waals surface area contributed by atoms with Gasteiger partial charge in [-0.05, 0) is 23.3 Å². The quantitative estimate of drug-likeness (QED) is 0.515. The van der Waals surface area contributed by atoms with Gasteiger partial charge in [0.05, 0.1) is 6.20 Å². The fraction of sp³-hybridized carbons (Fsp3) is 0.100. The normalized spacial score (nSPS) is 10.8. The molecule has 0 saturated carbocycles. The Morgan fingerprint density at radius 2 is 1.85 bits per heavy atom. The van der Waals surface area contributed by atoms with E-state index in [1.54, 1.807) is 11.8 Å². The maximum Gasteiger partial charge on any atom is 0.271 e. The highest BCUT2D eigenvalue weighted by atomic mass is 32.2. The van der Waals surface area contributed by atoms with Gasteiger partial charge in [-0.2, -0.15) is 0 Å². The molecule has 7 heteroatoms. The van der Waals surface area contributed by atoms with Crippen molar-refractivity contribution in [2.24, 2.45) is 0 Å². The van der Waals surface area contributed by atoms with Gasteiger partial charge < -0.3 is 9.73 Å². The molecule has 0 fully saturated rings. The lowest BCUT2D eigenvalue weighted by molar-refractivity contribution is 0.0945. The Morgan fingerprint density at radius 3 is 2.63 bits per heavy atom. The van der Waals surface area contributed by atoms with E-state index in [1.807, 2.05) is 48.5 Å². The van der Waals surface area contributed by atoms with Crippen LogP contribution in [-0.2, 0) is 12.3 Å². The molecule has 0 saturated heterocycles. The van der Waals surface area contributed by atoms with Gasteiger partial charge in [0.25, 0.3) is 11.1 Å². The van der Waals surface area contributed by atoms with E-state index in [0.717, 1.165) is 28.0 Å². The summed E-state index contributed by atoms with van der Waals surface area (Å²) in [6.45, 7) is 0.438. The minimum atomic E-state index is -0.237. The van der Waals surface area contributed by atoms with E-state index in [9.17, 15) is 4.79 Å². The molecule has 0 atom stereocenters. The molecule has 0 aliphatic heterocycles. The molecule has 0 spiro atoms. The Labute approximate surface area is 160 Å². The second kappa shape index (κ2) is 8.01. The summed E-state index contributed by atoms with van der Waals surface area (Å²) in [5, 5.41) is 3.50. The van der Waals surface area contributed by atoms with Gasteiger partial charge in [-0.25, -0.2) is 9.97 Å². The Hall–Kier alpha value is -3.19. The third kappa shape index (κ3) is 4.32. The number of oxazole rings is 1. The summed E-state index contributed by atoms with van der Waals surface area (Å²) in [5.74, 6) is 0.526. The zero-order chi connectivity index (χ0) is 18.5. The molecular weight excluding hydrogens is 360 g/mol. The first-order chi connectivity index (χ1) is 13.3. The van der Waals surface area contributed by atoms with Crippen LogP contribution in [0.4, 0.5) is 0 Å². The van der Waals surface area contributed by atoms with Crippen molar-refractivity contribution in [3.8, 4) is 0 Å². The Kier molecular flexibility index (Phi) is 5.11. The summed E-state index contributed by atoms with van der Waals surface area (Å²) < 4.78 is 5.71. The van der Waals surface area contributed by atoms with Crippen molar-refractivity contribution < 1.29 is 9.21 Å². The first-order valence-electron chi connectivity index (χ1n) is 8.38. The molecule has 27 heavy (non-hydrogen) atoms. The SMILES string of the molecule is O=C(NCc1ccc(CSc2nc3ccccc3o2)cc1)c1cnccn1. The number of aromatic nitrogens is 3. The molecule has 0 aliphatic carbocycles. The average Bonchev–Trinajstić information content (AvgIpc) is 3.15. The maximum atomic E-state index is 12.0. The van der Waals surface area contributed by atoms with Gasteiger partial charge in [0.15, 0.2) is 5.58 Å². The van der Waals surface area contributed by atoms with Crippen LogP contribution in [-0.4, -0.2) is 20.9 Å². The van der Waals surface area contributed by atoms with Gasteiger partial charge in [-0.3, -0.25) is 9.78 Å². The number of nitrogens with zero attached hydrogens (tertiary/aromatic N) is 3. The number of amides is 1. The average molecular weight is 376 g/mol. The fourth-order valence-electron chi connectivity index (χ4n) is 2.50. The molecule has 4 rings (SSSR count). The zero-order valence-corrected chi connectivity index (χ0v) is 15.1. The first kappa shape index (κ1) is 17.2. The van der Waals surface area contributed by atoms with Crippen molar-refractivity contribution in [3.63, 3.8) is 0 Å². The lowest BCUT2D eigenvalue weighted by Crippen LogP contribution is -2.23. The molecule has 134 valence electrons. The van der Waals surface area contributed by atoms with Crippen molar-refractivity contribution in [1.82, 2.24) is 20.3 Å². The van der Waals surface area contributed by atoms with Crippen LogP contribution in [0.3, 0.4) is 0 Å². The number of para-hydroxylation sites is 2. The third-order valence-electron chi connectivity index (χ3n) is 3.91. The molecule has 2 aromatic carbocycles. The van der Waals surface area contributed by atoms with E-state index in [2.05, 4.69) is 20.3 Å². The lowest BCUT2D eigenvalue weighted by Gasteiger charge is -2.05. The fourth-order valence-corrected chi connectivity index (χ4v) is 3.29. The number of rotatable bonds is 6. The molecule has 2 aromatic heterocycles. The number of benzene rings is 2. The van der Waals surface area contributed by atoms with E-state index in [1.165, 1.54) is 18.6 Å². The number of fused-ring (bicyclic) bond motifs is 1. The standard InChI is InChI=1S/C20H16N4O2S/c25-19(17-12-21-9-10-22-17)23-11-14-5-7-15(8-6-14)13-27-20-24-16-3-1-2-4-18(16)26-20/h1-10,12H,11,13H2,(H,23,25). The number of thioether (sulfide) groups is 1. The molecular formula is C20H16N4O2S. The summed E-state index contributed by atoms with van der Waals surface area (Å²) in [7, 11) is 0. The highest BCUT2D eigenvalue weighted by Crippen LogP contribution is 2.26. The molecule has 0 aliphatic rings. The van der Waals surface area contributed by atoms with Gasteiger partial charge >= 0.3 is 0 Å². The van der Waals surface area contributed by atoms with Crippen LogP contribution in [0, 0.1) is 0 Å². The molecule has 1 N–H and O–H groups in total. The molecule has 4 aromatic rings. The third-order valence-corrected chi connectivity index (χ3v) is 4.81. The van der Waals surface area contributed by atoms with Crippen molar-refractivity contribution in [3.05, 3.63) is 83.9 Å². The molecule has 0 unspecified atom stereocenters. The number of hydrogen-bond donors (Lipinski definition) is 1. The maximum absolute atomic E-state index is 12.0. The summed E-state index contributed by atoms with van der Waals surface area (Å²) in [6, 6.07) is 15.8. The smallest absolute Gasteiger partial charge is 0.271 e. The van der Waals surface area contributed by atoms with E-state index in [4.69, 9.17) is 4.42 Å². The Balaban J connectivity index is 1.31. The van der Waals surface area contributed by atoms with E-state index >= 15 is 0 Å². The minimum absolute atomic E-state index is 0.237. The lowest BCUT2D eigenvalue weighted by atomic mass is 10.1. The summed E-state index contributed by atoms with van der Waals surface area (Å²) in [4.78, 5) is 24.3. The van der Waals surface area contributed by atoms with Crippen LogP contribution >= 0.6 is 11.8 Å². The van der Waals surface area contributed by atoms with Gasteiger partial charge in [0.2, 0.25) is 0 Å². The molecule has 2 heterocycles. The number of nitrogens with one attached hydrogen (secondary N) is 1. The second-order valence-corrected chi connectivity index (χ2v) is 6.75. The van der Waals surface area contributed by atoms with E-state index < -0.39 is 0 Å². The van der Waals surface area contributed by atoms with Gasteiger partial charge in [-0.1, -0.05) is 48.2 Å². The predicted molar refractivity (Wildman–Crippen MR) is 103 cm³/mol. The van der Waals surface area contributed by atoms with Gasteiger partial charge in [0, 0.05) is 24.7 Å². The van der Waals surface area contributed by atoms with Crippen LogP contribution in [0.1, 0.15) is 21.6 Å². The highest BCUT2D eigenvalue weighted by Gasteiger charge is 2.08. The van der Waals surface area contributed by atoms with Crippen LogP contribution in [0.25, 0.3) is 11.1 Å². The van der Waals surface area contributed by atoms with Crippen molar-refractivity contribution in [2.45, 2.75) is 17.5 Å². The van der Waals surface area contributed by atoms with Crippen LogP contribution < -0.4 is 5.32 Å². The highest BCUT2D eigenvalue weighted by molar-refractivity contribution is 7.98. The topological polar surface area (TPSA) is 80.9 Å². The summed E-state index contributed by atoms with van der Waals surface area (Å²) in [5.41, 5.74) is 4.15. The molecule has 0 bridgehead atoms. The van der Waals surface area contributed by atoms with Crippen molar-refractivity contribution in [2.75, 3.05) is 0 Å². The van der Waals surface area contributed by atoms with Crippen molar-refractivity contribution in [1.29, 1.82) is 0 Å². The molecule has 1 amide bonds. The van der Waals surface area contributed by atoms with Crippen molar-refractivity contribution >= 4 is 28.8 Å². The Bertz CT molecular complexity index is 1020. The summed E-state index contributed by atoms with van der Waals surface area (Å²) in [6.07, 6.45) is 4.48. The van der Waals surface area contributed by atoms with Crippen LogP contribution in [0.2, 0.25) is 0 Å². The Morgan fingerprint density at radius 1 is 1.04 bits per heavy atom. The summed E-state index contributed by atoms with van der Waals surface area (Å²) >= 11 is 1.56. The van der Waals surface area contributed by atoms with Gasteiger partial charge in [-0.15, -0.1) is 0 Å². The number of carbonyl (C=O) groups excluding carboxylic acids is 1. The van der Waals surface area contributed by atoms with Gasteiger partial charge in [0.1, 0.15) is 11.2 Å². The van der Waals surface area contributed by atoms with E-state index in [0.29, 0.717) is 17.5 Å². The number of carbonyl (C=O) groups is 1. The zero-order valence-electron chi connectivity index (χ0n) is 14.3. The number of hydrogen-bond acceptors (Lipinski definition) is 6. The molecule has 0 radical (unpaired) electrons. The molecule has 6 nitrogen and oxygen atoms in total. The monoisotopic (exact) mass is 376 g/mol. The minimum Gasteiger partial charge on any atom is -0.431 e. The second-order valence-electron chi connectivity index (χ2n) is 5.83. The van der Waals surface area contributed by atoms with Crippen LogP contribution in [0.5, 0.6) is 0 Å². The van der Waals surface area contributed by atoms with Crippen LogP contribution in [0.15, 0.2) is 76.8 Å². The first-order valence-corrected chi connectivity index (χ1v) is 9.37. The largest absolute Gasteiger partial charge is 0.431 e. The predicted octanol–water partition coefficient (Wildman–Crippen LogP) is 3.84. The van der Waals surface area contributed by atoms with E-state index in [-0.39, 0.29) is 5.91 Å².